The van der Waals surface area contributed by atoms with Crippen molar-refractivity contribution in [2.75, 3.05) is 6.54 Å². The minimum absolute atomic E-state index is 0.183. The molecule has 0 amide bonds. The first kappa shape index (κ1) is 13.5. The third kappa shape index (κ3) is 2.32. The van der Waals surface area contributed by atoms with Gasteiger partial charge in [0.05, 0.1) is 11.9 Å². The fraction of sp³-hybridized carbons (Fsp3) is 0.125. The number of alkyl halides is 1. The molecule has 5 heteroatoms. The molecule has 2 aromatic carbocycles. The van der Waals surface area contributed by atoms with Gasteiger partial charge in [-0.15, -0.1) is 5.10 Å². The van der Waals surface area contributed by atoms with Gasteiger partial charge in [-0.25, -0.2) is 9.07 Å². The summed E-state index contributed by atoms with van der Waals surface area (Å²) >= 11 is 0. The van der Waals surface area contributed by atoms with Gasteiger partial charge in [-0.2, -0.15) is 0 Å². The Morgan fingerprint density at radius 1 is 1.00 bits per heavy atom. The van der Waals surface area contributed by atoms with E-state index in [9.17, 15) is 0 Å². The number of benzene rings is 2. The molecular weight excluding hydrogens is 267 g/mol. The lowest BCUT2D eigenvalue weighted by atomic mass is 9.92. The number of hydrogen-bond acceptors (Lipinski definition) is 3. The van der Waals surface area contributed by atoms with E-state index in [-0.39, 0.29) is 6.54 Å². The minimum Gasteiger partial charge on any atom is -0.327 e. The summed E-state index contributed by atoms with van der Waals surface area (Å²) in [6, 6.07) is 18.2. The van der Waals surface area contributed by atoms with E-state index in [0.29, 0.717) is 11.3 Å². The molecule has 0 aliphatic carbocycles. The molecule has 0 bridgehead atoms. The van der Waals surface area contributed by atoms with Crippen molar-refractivity contribution in [3.8, 4) is 5.69 Å². The van der Waals surface area contributed by atoms with Crippen molar-refractivity contribution in [1.29, 1.82) is 0 Å². The minimum atomic E-state index is -1.83. The number of nitrogens with two attached hydrogens (primary N) is 1. The summed E-state index contributed by atoms with van der Waals surface area (Å²) in [6.07, 6.45) is 1.42. The van der Waals surface area contributed by atoms with Gasteiger partial charge in [0.15, 0.2) is 5.67 Å². The van der Waals surface area contributed by atoms with E-state index >= 15 is 4.39 Å². The first-order valence-corrected chi connectivity index (χ1v) is 6.67. The summed E-state index contributed by atoms with van der Waals surface area (Å²) in [5.74, 6) is 0. The summed E-state index contributed by atoms with van der Waals surface area (Å²) in [5.41, 5.74) is 5.46. The van der Waals surface area contributed by atoms with E-state index in [0.717, 1.165) is 5.69 Å². The Morgan fingerprint density at radius 3 is 2.24 bits per heavy atom. The highest BCUT2D eigenvalue weighted by molar-refractivity contribution is 5.38. The maximum absolute atomic E-state index is 15.5. The third-order valence-corrected chi connectivity index (χ3v) is 3.47. The van der Waals surface area contributed by atoms with Crippen molar-refractivity contribution < 1.29 is 4.39 Å². The summed E-state index contributed by atoms with van der Waals surface area (Å²) in [5, 5.41) is 7.85. The molecule has 0 saturated carbocycles. The lowest BCUT2D eigenvalue weighted by Crippen LogP contribution is -2.34. The fourth-order valence-corrected chi connectivity index (χ4v) is 2.34. The first-order chi connectivity index (χ1) is 10.3. The highest BCUT2D eigenvalue weighted by Crippen LogP contribution is 2.33. The lowest BCUT2D eigenvalue weighted by Gasteiger charge is -2.24. The normalized spacial score (nSPS) is 13.8. The predicted molar refractivity (Wildman–Crippen MR) is 78.7 cm³/mol. The Hall–Kier alpha value is -2.53. The van der Waals surface area contributed by atoms with Gasteiger partial charge in [-0.1, -0.05) is 53.7 Å². The Labute approximate surface area is 122 Å². The van der Waals surface area contributed by atoms with Crippen molar-refractivity contribution in [1.82, 2.24) is 15.0 Å². The van der Waals surface area contributed by atoms with Crippen LogP contribution in [0.25, 0.3) is 5.69 Å². The largest absolute Gasteiger partial charge is 0.327 e. The summed E-state index contributed by atoms with van der Waals surface area (Å²) in [7, 11) is 0. The third-order valence-electron chi connectivity index (χ3n) is 3.47. The zero-order valence-electron chi connectivity index (χ0n) is 11.4. The second-order valence-electron chi connectivity index (χ2n) is 4.74. The smallest absolute Gasteiger partial charge is 0.191 e. The Kier molecular flexibility index (Phi) is 3.50. The van der Waals surface area contributed by atoms with E-state index in [1.165, 1.54) is 10.9 Å². The Morgan fingerprint density at radius 2 is 1.62 bits per heavy atom. The molecule has 0 saturated heterocycles. The average molecular weight is 282 g/mol. The Balaban J connectivity index is 2.14. The average Bonchev–Trinajstić information content (AvgIpc) is 3.06. The highest BCUT2D eigenvalue weighted by atomic mass is 19.1. The molecule has 21 heavy (non-hydrogen) atoms. The van der Waals surface area contributed by atoms with Crippen LogP contribution < -0.4 is 5.73 Å². The van der Waals surface area contributed by atoms with Crippen LogP contribution in [0, 0.1) is 0 Å². The molecule has 3 aromatic rings. The molecule has 0 aliphatic heterocycles. The number of para-hydroxylation sites is 1. The van der Waals surface area contributed by atoms with Crippen LogP contribution in [-0.4, -0.2) is 21.5 Å². The maximum Gasteiger partial charge on any atom is 0.191 e. The predicted octanol–water partition coefficient (Wildman–Crippen LogP) is 2.44. The van der Waals surface area contributed by atoms with E-state index in [4.69, 9.17) is 5.73 Å². The van der Waals surface area contributed by atoms with Crippen molar-refractivity contribution in [3.63, 3.8) is 0 Å². The quantitative estimate of drug-likeness (QED) is 0.799. The SMILES string of the molecule is NCC(F)(c1ccccc1)c1cnnn1-c1ccccc1. The van der Waals surface area contributed by atoms with Gasteiger partial charge in [0.2, 0.25) is 0 Å². The topological polar surface area (TPSA) is 56.7 Å². The van der Waals surface area contributed by atoms with Crippen LogP contribution in [0.2, 0.25) is 0 Å². The van der Waals surface area contributed by atoms with Crippen LogP contribution in [0.4, 0.5) is 4.39 Å². The van der Waals surface area contributed by atoms with Gasteiger partial charge in [0.25, 0.3) is 0 Å². The monoisotopic (exact) mass is 282 g/mol. The van der Waals surface area contributed by atoms with Crippen LogP contribution >= 0.6 is 0 Å². The van der Waals surface area contributed by atoms with Crippen LogP contribution in [0.3, 0.4) is 0 Å². The number of nitrogens with zero attached hydrogens (tertiary/aromatic N) is 3. The second kappa shape index (κ2) is 5.46. The molecule has 1 heterocycles. The lowest BCUT2D eigenvalue weighted by molar-refractivity contribution is 0.221. The van der Waals surface area contributed by atoms with E-state index in [2.05, 4.69) is 10.3 Å². The molecule has 0 spiro atoms. The van der Waals surface area contributed by atoms with Crippen LogP contribution in [0.5, 0.6) is 0 Å². The molecule has 106 valence electrons. The number of hydrogen-bond donors (Lipinski definition) is 1. The summed E-state index contributed by atoms with van der Waals surface area (Å²) in [4.78, 5) is 0. The molecule has 0 aliphatic rings. The van der Waals surface area contributed by atoms with Crippen LogP contribution in [0.15, 0.2) is 66.9 Å². The van der Waals surface area contributed by atoms with Gasteiger partial charge in [-0.3, -0.25) is 0 Å². The van der Waals surface area contributed by atoms with E-state index in [1.807, 2.05) is 36.4 Å². The van der Waals surface area contributed by atoms with Gasteiger partial charge < -0.3 is 5.73 Å². The molecule has 3 rings (SSSR count). The number of rotatable bonds is 4. The highest BCUT2D eigenvalue weighted by Gasteiger charge is 2.37. The van der Waals surface area contributed by atoms with E-state index < -0.39 is 5.67 Å². The second-order valence-corrected chi connectivity index (χ2v) is 4.74. The Bertz CT molecular complexity index is 711. The molecule has 0 radical (unpaired) electrons. The van der Waals surface area contributed by atoms with Crippen molar-refractivity contribution in [2.24, 2.45) is 5.73 Å². The molecule has 2 N–H and O–H groups in total. The molecule has 1 aromatic heterocycles. The zero-order chi connectivity index (χ0) is 14.7. The molecule has 4 nitrogen and oxygen atoms in total. The van der Waals surface area contributed by atoms with Crippen molar-refractivity contribution in [3.05, 3.63) is 78.1 Å². The number of halogens is 1. The van der Waals surface area contributed by atoms with Crippen LogP contribution in [0.1, 0.15) is 11.3 Å². The standard InChI is InChI=1S/C16H15FN4/c17-16(12-18,13-7-3-1-4-8-13)15-11-19-20-21(15)14-9-5-2-6-10-14/h1-11H,12,18H2. The van der Waals surface area contributed by atoms with Gasteiger partial charge >= 0.3 is 0 Å². The molecular formula is C16H15FN4. The molecule has 0 fully saturated rings. The zero-order valence-corrected chi connectivity index (χ0v) is 11.4. The molecule has 1 unspecified atom stereocenters. The van der Waals surface area contributed by atoms with Gasteiger partial charge in [-0.05, 0) is 17.7 Å². The van der Waals surface area contributed by atoms with Gasteiger partial charge in [0.1, 0.15) is 5.69 Å². The summed E-state index contributed by atoms with van der Waals surface area (Å²) in [6.45, 7) is -0.183. The van der Waals surface area contributed by atoms with Gasteiger partial charge in [0, 0.05) is 6.54 Å². The van der Waals surface area contributed by atoms with Crippen molar-refractivity contribution >= 4 is 0 Å². The first-order valence-electron chi connectivity index (χ1n) is 6.67. The molecule has 1 atom stereocenters. The summed E-state index contributed by atoms with van der Waals surface area (Å²) < 4.78 is 17.0. The fourth-order valence-electron chi connectivity index (χ4n) is 2.34. The van der Waals surface area contributed by atoms with E-state index in [1.54, 1.807) is 24.3 Å². The van der Waals surface area contributed by atoms with Crippen molar-refractivity contribution in [2.45, 2.75) is 5.67 Å². The van der Waals surface area contributed by atoms with Crippen LogP contribution in [-0.2, 0) is 5.67 Å². The number of aromatic nitrogens is 3. The maximum atomic E-state index is 15.5.